The van der Waals surface area contributed by atoms with Crippen molar-refractivity contribution >= 4 is 16.0 Å². The van der Waals surface area contributed by atoms with Gasteiger partial charge >= 0.3 is 5.97 Å². The summed E-state index contributed by atoms with van der Waals surface area (Å²) in [6.45, 7) is 7.04. The average Bonchev–Trinajstić information content (AvgIpc) is 2.95. The third-order valence-electron chi connectivity index (χ3n) is 4.41. The molecule has 0 amide bonds. The molecule has 2 aromatic rings. The van der Waals surface area contributed by atoms with Crippen LogP contribution in [0.5, 0.6) is 5.75 Å². The lowest BCUT2D eigenvalue weighted by atomic mass is 10.2. The van der Waals surface area contributed by atoms with Gasteiger partial charge in [0.2, 0.25) is 10.0 Å². The van der Waals surface area contributed by atoms with Crippen LogP contribution in [0.1, 0.15) is 31.1 Å². The summed E-state index contributed by atoms with van der Waals surface area (Å²) in [5.41, 5.74) is 0.660. The number of fused-ring (bicyclic) bond motifs is 1. The van der Waals surface area contributed by atoms with Gasteiger partial charge in [-0.2, -0.15) is 4.31 Å². The van der Waals surface area contributed by atoms with Crippen molar-refractivity contribution in [2.45, 2.75) is 57.8 Å². The van der Waals surface area contributed by atoms with Gasteiger partial charge in [-0.15, -0.1) is 10.2 Å². The molecule has 0 fully saturated rings. The van der Waals surface area contributed by atoms with Gasteiger partial charge in [-0.05, 0) is 51.5 Å². The van der Waals surface area contributed by atoms with E-state index in [1.165, 1.54) is 12.1 Å². The van der Waals surface area contributed by atoms with Crippen molar-refractivity contribution < 1.29 is 23.1 Å². The van der Waals surface area contributed by atoms with Crippen molar-refractivity contribution in [1.29, 1.82) is 0 Å². The van der Waals surface area contributed by atoms with E-state index in [-0.39, 0.29) is 24.1 Å². The molecule has 0 spiro atoms. The third-order valence-corrected chi connectivity index (χ3v) is 6.26. The van der Waals surface area contributed by atoms with E-state index in [4.69, 9.17) is 4.74 Å². The highest BCUT2D eigenvalue weighted by Crippen LogP contribution is 2.29. The van der Waals surface area contributed by atoms with E-state index in [2.05, 4.69) is 10.2 Å². The number of hydrogen-bond acceptors (Lipinski definition) is 6. The second-order valence-corrected chi connectivity index (χ2v) is 8.66. The number of sulfonamides is 1. The van der Waals surface area contributed by atoms with Crippen molar-refractivity contribution in [1.82, 2.24) is 19.1 Å². The number of benzene rings is 1. The maximum absolute atomic E-state index is 13.2. The van der Waals surface area contributed by atoms with Crippen LogP contribution in [-0.4, -0.2) is 50.7 Å². The van der Waals surface area contributed by atoms with Crippen LogP contribution in [0, 0.1) is 13.8 Å². The van der Waals surface area contributed by atoms with E-state index >= 15 is 0 Å². The van der Waals surface area contributed by atoms with Gasteiger partial charge in [0.25, 0.3) is 0 Å². The molecule has 0 saturated carbocycles. The van der Waals surface area contributed by atoms with Gasteiger partial charge in [-0.3, -0.25) is 4.79 Å². The molecule has 1 atom stereocenters. The molecule has 10 heteroatoms. The minimum absolute atomic E-state index is 0.0204. The highest BCUT2D eigenvalue weighted by molar-refractivity contribution is 7.89. The standard InChI is InChI=1S/C17H22N4O5S/c1-10(2)26-15-6-5-13(7-11(15)3)27(24,25)21-9-16-19-18-12(4)20(16)8-14(21)17(22)23/h5-7,10,14H,8-9H2,1-4H3,(H,22,23). The van der Waals surface area contributed by atoms with Gasteiger partial charge in [0.15, 0.2) is 0 Å². The molecule has 0 radical (unpaired) electrons. The summed E-state index contributed by atoms with van der Waals surface area (Å²) < 4.78 is 34.6. The number of ether oxygens (including phenoxy) is 1. The SMILES string of the molecule is Cc1cc(S(=O)(=O)N2Cc3nnc(C)n3CC2C(=O)O)ccc1OC(C)C. The van der Waals surface area contributed by atoms with E-state index < -0.39 is 22.0 Å². The molecule has 1 aliphatic heterocycles. The normalized spacial score (nSPS) is 17.7. The highest BCUT2D eigenvalue weighted by atomic mass is 32.2. The van der Waals surface area contributed by atoms with Gasteiger partial charge in [0.05, 0.1) is 24.1 Å². The Hall–Kier alpha value is -2.46. The minimum atomic E-state index is -4.04. The van der Waals surface area contributed by atoms with Crippen LogP contribution in [0.4, 0.5) is 0 Å². The van der Waals surface area contributed by atoms with Crippen molar-refractivity contribution in [3.8, 4) is 5.75 Å². The Morgan fingerprint density at radius 1 is 1.30 bits per heavy atom. The molecule has 1 aromatic carbocycles. The molecule has 0 bridgehead atoms. The van der Waals surface area contributed by atoms with Crippen LogP contribution in [0.25, 0.3) is 0 Å². The van der Waals surface area contributed by atoms with E-state index in [0.717, 1.165) is 4.31 Å². The predicted molar refractivity (Wildman–Crippen MR) is 95.9 cm³/mol. The number of nitrogens with zero attached hydrogens (tertiary/aromatic N) is 4. The summed E-state index contributed by atoms with van der Waals surface area (Å²) in [6, 6.07) is 3.29. The first-order valence-electron chi connectivity index (χ1n) is 8.52. The second-order valence-electron chi connectivity index (χ2n) is 6.77. The minimum Gasteiger partial charge on any atom is -0.491 e. The number of carboxylic acid groups (broad SMARTS) is 1. The Kier molecular flexibility index (Phi) is 4.96. The number of carbonyl (C=O) groups is 1. The quantitative estimate of drug-likeness (QED) is 0.814. The highest BCUT2D eigenvalue weighted by Gasteiger charge is 2.41. The smallest absolute Gasteiger partial charge is 0.323 e. The lowest BCUT2D eigenvalue weighted by Gasteiger charge is -2.32. The summed E-state index contributed by atoms with van der Waals surface area (Å²) in [4.78, 5) is 11.8. The molecule has 3 rings (SSSR count). The fourth-order valence-corrected chi connectivity index (χ4v) is 4.66. The van der Waals surface area contributed by atoms with E-state index in [0.29, 0.717) is 23.0 Å². The Labute approximate surface area is 157 Å². The Morgan fingerprint density at radius 3 is 2.59 bits per heavy atom. The summed E-state index contributed by atoms with van der Waals surface area (Å²) in [7, 11) is -4.04. The monoisotopic (exact) mass is 394 g/mol. The van der Waals surface area contributed by atoms with Crippen molar-refractivity contribution in [2.24, 2.45) is 0 Å². The molecule has 0 aliphatic carbocycles. The molecule has 1 aliphatic rings. The predicted octanol–water partition coefficient (Wildman–Crippen LogP) is 1.34. The molecule has 1 unspecified atom stereocenters. The van der Waals surface area contributed by atoms with E-state index in [1.54, 1.807) is 24.5 Å². The van der Waals surface area contributed by atoms with Crippen LogP contribution in [0.2, 0.25) is 0 Å². The van der Waals surface area contributed by atoms with E-state index in [1.807, 2.05) is 13.8 Å². The lowest BCUT2D eigenvalue weighted by molar-refractivity contribution is -0.142. The van der Waals surface area contributed by atoms with Crippen LogP contribution >= 0.6 is 0 Å². The first-order valence-corrected chi connectivity index (χ1v) is 9.96. The molecule has 1 N–H and O–H groups in total. The third kappa shape index (κ3) is 3.54. The molecule has 9 nitrogen and oxygen atoms in total. The molecule has 0 saturated heterocycles. The first-order chi connectivity index (χ1) is 12.6. The zero-order chi connectivity index (χ0) is 19.9. The molecule has 1 aromatic heterocycles. The summed E-state index contributed by atoms with van der Waals surface area (Å²) in [6.07, 6.45) is -0.0424. The Balaban J connectivity index is 2.00. The van der Waals surface area contributed by atoms with Gasteiger partial charge in [-0.1, -0.05) is 0 Å². The van der Waals surface area contributed by atoms with Gasteiger partial charge in [0.1, 0.15) is 23.4 Å². The molecular formula is C17H22N4O5S. The first kappa shape index (κ1) is 19.3. The van der Waals surface area contributed by atoms with Gasteiger partial charge in [-0.25, -0.2) is 8.42 Å². The zero-order valence-electron chi connectivity index (χ0n) is 15.6. The maximum atomic E-state index is 13.2. The van der Waals surface area contributed by atoms with Crippen molar-refractivity contribution in [3.63, 3.8) is 0 Å². The van der Waals surface area contributed by atoms with Gasteiger partial charge < -0.3 is 14.4 Å². The number of aryl methyl sites for hydroxylation is 2. The maximum Gasteiger partial charge on any atom is 0.323 e. The Morgan fingerprint density at radius 2 is 2.00 bits per heavy atom. The average molecular weight is 394 g/mol. The number of rotatable bonds is 5. The topological polar surface area (TPSA) is 115 Å². The summed E-state index contributed by atoms with van der Waals surface area (Å²) in [5.74, 6) is 0.353. The van der Waals surface area contributed by atoms with Crippen LogP contribution in [0.3, 0.4) is 0 Å². The number of carboxylic acids is 1. The molecule has 2 heterocycles. The van der Waals surface area contributed by atoms with Crippen LogP contribution < -0.4 is 4.74 Å². The van der Waals surface area contributed by atoms with E-state index in [9.17, 15) is 18.3 Å². The number of aliphatic carboxylic acids is 1. The number of hydrogen-bond donors (Lipinski definition) is 1. The van der Waals surface area contributed by atoms with Crippen LogP contribution in [-0.2, 0) is 27.9 Å². The van der Waals surface area contributed by atoms with Crippen molar-refractivity contribution in [3.05, 3.63) is 35.4 Å². The fraction of sp³-hybridized carbons (Fsp3) is 0.471. The zero-order valence-corrected chi connectivity index (χ0v) is 16.4. The molecular weight excluding hydrogens is 372 g/mol. The fourth-order valence-electron chi connectivity index (χ4n) is 3.05. The Bertz CT molecular complexity index is 983. The number of aromatic nitrogens is 3. The molecule has 146 valence electrons. The van der Waals surface area contributed by atoms with Crippen LogP contribution in [0.15, 0.2) is 23.1 Å². The largest absolute Gasteiger partial charge is 0.491 e. The second kappa shape index (κ2) is 6.93. The summed E-state index contributed by atoms with van der Waals surface area (Å²) >= 11 is 0. The van der Waals surface area contributed by atoms with Gasteiger partial charge in [0, 0.05) is 0 Å². The van der Waals surface area contributed by atoms with Crippen molar-refractivity contribution in [2.75, 3.05) is 0 Å². The summed E-state index contributed by atoms with van der Waals surface area (Å²) in [5, 5.41) is 17.5. The molecule has 27 heavy (non-hydrogen) atoms. The lowest BCUT2D eigenvalue weighted by Crippen LogP contribution is -2.50.